The maximum Gasteiger partial charge on any atom is 0.218 e. The lowest BCUT2D eigenvalue weighted by molar-refractivity contribution is 0.179. The molecule has 8 heteroatoms. The van der Waals surface area contributed by atoms with Crippen molar-refractivity contribution < 1.29 is 22.3 Å². The first-order chi connectivity index (χ1) is 13.4. The van der Waals surface area contributed by atoms with E-state index < -0.39 is 10.0 Å². The normalized spacial score (nSPS) is 16.1. The van der Waals surface area contributed by atoms with Crippen LogP contribution in [0.1, 0.15) is 11.1 Å². The molecule has 0 bridgehead atoms. The van der Waals surface area contributed by atoms with Gasteiger partial charge in [-0.25, -0.2) is 12.8 Å². The van der Waals surface area contributed by atoms with Crippen molar-refractivity contribution in [2.45, 2.75) is 12.3 Å². The zero-order valence-corrected chi connectivity index (χ0v) is 16.9. The number of benzene rings is 2. The van der Waals surface area contributed by atoms with Crippen molar-refractivity contribution in [3.63, 3.8) is 0 Å². The fourth-order valence-corrected chi connectivity index (χ4v) is 4.81. The SMILES string of the molecule is COc1ccc(OC)c(CN2CCN(S(=O)(=O)Cc3ccc(F)cc3)CC2)c1. The molecule has 2 aromatic carbocycles. The molecule has 0 radical (unpaired) electrons. The first kappa shape index (κ1) is 20.6. The summed E-state index contributed by atoms with van der Waals surface area (Å²) in [5, 5.41) is 0. The van der Waals surface area contributed by atoms with Gasteiger partial charge in [-0.2, -0.15) is 4.31 Å². The highest BCUT2D eigenvalue weighted by Gasteiger charge is 2.27. The van der Waals surface area contributed by atoms with E-state index in [1.54, 1.807) is 14.2 Å². The van der Waals surface area contributed by atoms with Crippen LogP contribution in [0.15, 0.2) is 42.5 Å². The van der Waals surface area contributed by atoms with Gasteiger partial charge < -0.3 is 9.47 Å². The van der Waals surface area contributed by atoms with Crippen molar-refractivity contribution in [1.29, 1.82) is 0 Å². The highest BCUT2D eigenvalue weighted by atomic mass is 32.2. The first-order valence-electron chi connectivity index (χ1n) is 9.07. The molecule has 28 heavy (non-hydrogen) atoms. The number of ether oxygens (including phenoxy) is 2. The molecule has 0 spiro atoms. The van der Waals surface area contributed by atoms with Crippen molar-refractivity contribution in [2.24, 2.45) is 0 Å². The van der Waals surface area contributed by atoms with Gasteiger partial charge in [0.05, 0.1) is 20.0 Å². The number of rotatable bonds is 7. The number of nitrogens with zero attached hydrogens (tertiary/aromatic N) is 2. The van der Waals surface area contributed by atoms with Crippen molar-refractivity contribution >= 4 is 10.0 Å². The molecule has 1 aliphatic rings. The Morgan fingerprint density at radius 2 is 1.64 bits per heavy atom. The summed E-state index contributed by atoms with van der Waals surface area (Å²) in [6.45, 7) is 2.77. The predicted molar refractivity (Wildman–Crippen MR) is 105 cm³/mol. The average molecular weight is 408 g/mol. The summed E-state index contributed by atoms with van der Waals surface area (Å²) in [6.07, 6.45) is 0. The Bertz CT molecular complexity index is 895. The topological polar surface area (TPSA) is 59.1 Å². The molecule has 0 N–H and O–H groups in total. The molecule has 0 atom stereocenters. The zero-order chi connectivity index (χ0) is 20.1. The number of methoxy groups -OCH3 is 2. The van der Waals surface area contributed by atoms with Crippen molar-refractivity contribution in [3.8, 4) is 11.5 Å². The largest absolute Gasteiger partial charge is 0.497 e. The summed E-state index contributed by atoms with van der Waals surface area (Å²) in [4.78, 5) is 2.20. The van der Waals surface area contributed by atoms with Crippen LogP contribution in [0.3, 0.4) is 0 Å². The maximum absolute atomic E-state index is 13.0. The first-order valence-corrected chi connectivity index (χ1v) is 10.7. The van der Waals surface area contributed by atoms with Gasteiger partial charge in [-0.05, 0) is 35.9 Å². The van der Waals surface area contributed by atoms with Crippen LogP contribution in [-0.4, -0.2) is 58.0 Å². The lowest BCUT2D eigenvalue weighted by Gasteiger charge is -2.34. The lowest BCUT2D eigenvalue weighted by Crippen LogP contribution is -2.48. The average Bonchev–Trinajstić information content (AvgIpc) is 2.70. The molecule has 0 aliphatic carbocycles. The zero-order valence-electron chi connectivity index (χ0n) is 16.1. The van der Waals surface area contributed by atoms with Gasteiger partial charge in [0.2, 0.25) is 10.0 Å². The van der Waals surface area contributed by atoms with Crippen LogP contribution in [-0.2, 0) is 22.3 Å². The Kier molecular flexibility index (Phi) is 6.53. The minimum absolute atomic E-state index is 0.114. The van der Waals surface area contributed by atoms with Gasteiger partial charge in [0.1, 0.15) is 17.3 Å². The van der Waals surface area contributed by atoms with Crippen LogP contribution < -0.4 is 9.47 Å². The van der Waals surface area contributed by atoms with Gasteiger partial charge in [-0.3, -0.25) is 4.90 Å². The molecule has 152 valence electrons. The number of hydrogen-bond donors (Lipinski definition) is 0. The second-order valence-electron chi connectivity index (χ2n) is 6.74. The fraction of sp³-hybridized carbons (Fsp3) is 0.400. The summed E-state index contributed by atoms with van der Waals surface area (Å²) in [7, 11) is -0.178. The third-order valence-electron chi connectivity index (χ3n) is 4.87. The van der Waals surface area contributed by atoms with Gasteiger partial charge in [0, 0.05) is 38.3 Å². The van der Waals surface area contributed by atoms with Crippen molar-refractivity contribution in [1.82, 2.24) is 9.21 Å². The summed E-state index contributed by atoms with van der Waals surface area (Å²) in [5.74, 6) is 1.06. The standard InChI is InChI=1S/C20H25FN2O4S/c1-26-19-7-8-20(27-2)17(13-19)14-22-9-11-23(12-10-22)28(24,25)15-16-3-5-18(21)6-4-16/h3-8,13H,9-12,14-15H2,1-2H3. The third-order valence-corrected chi connectivity index (χ3v) is 6.72. The number of halogens is 1. The molecule has 1 saturated heterocycles. The van der Waals surface area contributed by atoms with Crippen LogP contribution in [0.2, 0.25) is 0 Å². The van der Waals surface area contributed by atoms with Crippen molar-refractivity contribution in [3.05, 3.63) is 59.4 Å². The van der Waals surface area contributed by atoms with E-state index in [4.69, 9.17) is 9.47 Å². The minimum Gasteiger partial charge on any atom is -0.497 e. The molecule has 1 heterocycles. The van der Waals surface area contributed by atoms with E-state index in [0.29, 0.717) is 38.3 Å². The maximum atomic E-state index is 13.0. The molecule has 6 nitrogen and oxygen atoms in total. The van der Waals surface area contributed by atoms with E-state index in [1.807, 2.05) is 18.2 Å². The highest BCUT2D eigenvalue weighted by molar-refractivity contribution is 7.88. The quantitative estimate of drug-likeness (QED) is 0.705. The van der Waals surface area contributed by atoms with E-state index >= 15 is 0 Å². The van der Waals surface area contributed by atoms with Gasteiger partial charge in [0.25, 0.3) is 0 Å². The van der Waals surface area contributed by atoms with Crippen LogP contribution in [0.25, 0.3) is 0 Å². The molecule has 0 unspecified atom stereocenters. The molecular weight excluding hydrogens is 383 g/mol. The van der Waals surface area contributed by atoms with E-state index in [1.165, 1.54) is 28.6 Å². The molecule has 1 fully saturated rings. The van der Waals surface area contributed by atoms with Crippen LogP contribution in [0.5, 0.6) is 11.5 Å². The van der Waals surface area contributed by atoms with E-state index in [-0.39, 0.29) is 11.6 Å². The Hall–Kier alpha value is -2.16. The van der Waals surface area contributed by atoms with E-state index in [0.717, 1.165) is 17.1 Å². The van der Waals surface area contributed by atoms with Gasteiger partial charge in [0.15, 0.2) is 0 Å². The number of sulfonamides is 1. The minimum atomic E-state index is -3.43. The highest BCUT2D eigenvalue weighted by Crippen LogP contribution is 2.26. The summed E-state index contributed by atoms with van der Waals surface area (Å²) < 4.78 is 50.6. The third kappa shape index (κ3) is 5.01. The van der Waals surface area contributed by atoms with Gasteiger partial charge in [-0.1, -0.05) is 12.1 Å². The van der Waals surface area contributed by atoms with Gasteiger partial charge >= 0.3 is 0 Å². The predicted octanol–water partition coefficient (Wildman–Crippen LogP) is 2.49. The molecule has 0 saturated carbocycles. The fourth-order valence-electron chi connectivity index (χ4n) is 3.29. The summed E-state index contributed by atoms with van der Waals surface area (Å²) in [5.41, 5.74) is 1.59. The van der Waals surface area contributed by atoms with Crippen molar-refractivity contribution in [2.75, 3.05) is 40.4 Å². The van der Waals surface area contributed by atoms with Gasteiger partial charge in [-0.15, -0.1) is 0 Å². The van der Waals surface area contributed by atoms with Crippen LogP contribution in [0.4, 0.5) is 4.39 Å². The van der Waals surface area contributed by atoms with E-state index in [9.17, 15) is 12.8 Å². The lowest BCUT2D eigenvalue weighted by atomic mass is 10.1. The Morgan fingerprint density at radius 3 is 2.25 bits per heavy atom. The van der Waals surface area contributed by atoms with Crippen LogP contribution >= 0.6 is 0 Å². The Morgan fingerprint density at radius 1 is 0.964 bits per heavy atom. The second-order valence-corrected chi connectivity index (χ2v) is 8.70. The molecule has 1 aliphatic heterocycles. The monoisotopic (exact) mass is 408 g/mol. The second kappa shape index (κ2) is 8.89. The molecule has 0 amide bonds. The summed E-state index contributed by atoms with van der Waals surface area (Å²) in [6, 6.07) is 11.3. The molecule has 3 rings (SSSR count). The molecular formula is C20H25FN2O4S. The molecule has 2 aromatic rings. The van der Waals surface area contributed by atoms with E-state index in [2.05, 4.69) is 4.90 Å². The summed E-state index contributed by atoms with van der Waals surface area (Å²) >= 11 is 0. The smallest absolute Gasteiger partial charge is 0.218 e. The Balaban J connectivity index is 1.60. The number of hydrogen-bond acceptors (Lipinski definition) is 5. The Labute approximate surface area is 165 Å². The molecule has 0 aromatic heterocycles. The number of piperazine rings is 1. The van der Waals surface area contributed by atoms with Crippen LogP contribution in [0, 0.1) is 5.82 Å².